The van der Waals surface area contributed by atoms with Crippen LogP contribution in [0.15, 0.2) is 78.2 Å². The Balaban J connectivity index is 0.00000141. The number of pyridine rings is 1. The van der Waals surface area contributed by atoms with Gasteiger partial charge in [0.05, 0.1) is 11.6 Å². The lowest BCUT2D eigenvalue weighted by Gasteiger charge is -2.25. The first-order valence-corrected chi connectivity index (χ1v) is 10.7. The highest BCUT2D eigenvalue weighted by molar-refractivity contribution is 5.91. The Morgan fingerprint density at radius 3 is 2.44 bits per heavy atom. The Labute approximate surface area is 188 Å². The standard InChI is InChI=1S/C23H22N6O.C2H6/c1-29(2)21(16-8-7-13-24-14-16)15-25-22-17-9-3-5-11-19(17)26-23(27-22)18-10-4-6-12-20(18)28-30;1-2/h3-14,21H,15H2,1-2H3,(H,25,26,27);1-2H3. The molecule has 0 fully saturated rings. The van der Waals surface area contributed by atoms with Gasteiger partial charge in [0.1, 0.15) is 11.5 Å². The fourth-order valence-corrected chi connectivity index (χ4v) is 3.44. The average Bonchev–Trinajstić information content (AvgIpc) is 2.85. The van der Waals surface area contributed by atoms with E-state index in [4.69, 9.17) is 4.98 Å². The molecule has 0 aliphatic heterocycles. The number of likely N-dealkylation sites (N-methyl/N-ethyl adjacent to an activating group) is 1. The summed E-state index contributed by atoms with van der Waals surface area (Å²) in [5, 5.41) is 7.53. The summed E-state index contributed by atoms with van der Waals surface area (Å²) in [6.07, 6.45) is 3.65. The number of nitroso groups, excluding NO2 is 1. The monoisotopic (exact) mass is 428 g/mol. The van der Waals surface area contributed by atoms with E-state index < -0.39 is 0 Å². The molecular formula is C25H28N6O. The molecular weight excluding hydrogens is 400 g/mol. The van der Waals surface area contributed by atoms with E-state index in [1.54, 1.807) is 18.3 Å². The molecule has 0 spiro atoms. The van der Waals surface area contributed by atoms with Crippen molar-refractivity contribution < 1.29 is 0 Å². The highest BCUT2D eigenvalue weighted by Crippen LogP contribution is 2.31. The highest BCUT2D eigenvalue weighted by atomic mass is 16.3. The maximum absolute atomic E-state index is 11.3. The molecule has 1 N–H and O–H groups in total. The molecule has 32 heavy (non-hydrogen) atoms. The third kappa shape index (κ3) is 5.12. The van der Waals surface area contributed by atoms with Gasteiger partial charge < -0.3 is 10.2 Å². The fraction of sp³-hybridized carbons (Fsp3) is 0.240. The summed E-state index contributed by atoms with van der Waals surface area (Å²) in [6.45, 7) is 4.63. The van der Waals surface area contributed by atoms with Crippen molar-refractivity contribution in [2.75, 3.05) is 26.0 Å². The van der Waals surface area contributed by atoms with Crippen molar-refractivity contribution in [2.24, 2.45) is 5.18 Å². The maximum atomic E-state index is 11.3. The lowest BCUT2D eigenvalue weighted by molar-refractivity contribution is 0.311. The van der Waals surface area contributed by atoms with Crippen LogP contribution < -0.4 is 5.32 Å². The van der Waals surface area contributed by atoms with Gasteiger partial charge in [0.15, 0.2) is 5.82 Å². The molecule has 2 aromatic heterocycles. The third-order valence-electron chi connectivity index (χ3n) is 5.00. The van der Waals surface area contributed by atoms with E-state index in [0.717, 1.165) is 16.5 Å². The molecule has 0 aliphatic carbocycles. The van der Waals surface area contributed by atoms with Gasteiger partial charge >= 0.3 is 0 Å². The topological polar surface area (TPSA) is 83.4 Å². The van der Waals surface area contributed by atoms with Crippen molar-refractivity contribution >= 4 is 22.4 Å². The summed E-state index contributed by atoms with van der Waals surface area (Å²) in [6, 6.07) is 19.0. The van der Waals surface area contributed by atoms with Gasteiger partial charge in [-0.2, -0.15) is 0 Å². The molecule has 164 valence electrons. The quantitative estimate of drug-likeness (QED) is 0.373. The van der Waals surface area contributed by atoms with E-state index in [-0.39, 0.29) is 6.04 Å². The molecule has 2 heterocycles. The second-order valence-corrected chi connectivity index (χ2v) is 7.17. The predicted molar refractivity (Wildman–Crippen MR) is 131 cm³/mol. The molecule has 0 saturated carbocycles. The van der Waals surface area contributed by atoms with Gasteiger partial charge in [0.25, 0.3) is 0 Å². The van der Waals surface area contributed by atoms with Gasteiger partial charge in [0, 0.05) is 29.9 Å². The minimum absolute atomic E-state index is 0.111. The number of benzene rings is 2. The Kier molecular flexibility index (Phi) is 7.94. The smallest absolute Gasteiger partial charge is 0.164 e. The van der Waals surface area contributed by atoms with Crippen molar-refractivity contribution in [1.29, 1.82) is 0 Å². The number of rotatable bonds is 7. The molecule has 0 amide bonds. The van der Waals surface area contributed by atoms with Crippen LogP contribution in [0.5, 0.6) is 0 Å². The average molecular weight is 429 g/mol. The molecule has 1 unspecified atom stereocenters. The third-order valence-corrected chi connectivity index (χ3v) is 5.00. The van der Waals surface area contributed by atoms with Gasteiger partial charge in [-0.3, -0.25) is 4.98 Å². The number of aromatic nitrogens is 3. The van der Waals surface area contributed by atoms with Crippen LogP contribution >= 0.6 is 0 Å². The van der Waals surface area contributed by atoms with E-state index in [2.05, 4.69) is 31.4 Å². The molecule has 0 radical (unpaired) electrons. The van der Waals surface area contributed by atoms with Crippen LogP contribution in [0.3, 0.4) is 0 Å². The van der Waals surface area contributed by atoms with Gasteiger partial charge in [-0.05, 0) is 55.2 Å². The Bertz CT molecular complexity index is 1160. The van der Waals surface area contributed by atoms with Crippen LogP contribution in [0.4, 0.5) is 11.5 Å². The predicted octanol–water partition coefficient (Wildman–Crippen LogP) is 5.83. The van der Waals surface area contributed by atoms with Crippen molar-refractivity contribution in [1.82, 2.24) is 19.9 Å². The van der Waals surface area contributed by atoms with Crippen LogP contribution in [0.25, 0.3) is 22.3 Å². The minimum atomic E-state index is 0.111. The minimum Gasteiger partial charge on any atom is -0.368 e. The lowest BCUT2D eigenvalue weighted by atomic mass is 10.1. The van der Waals surface area contributed by atoms with E-state index in [1.165, 1.54) is 0 Å². The summed E-state index contributed by atoms with van der Waals surface area (Å²) in [5.74, 6) is 1.18. The van der Waals surface area contributed by atoms with E-state index in [0.29, 0.717) is 29.4 Å². The summed E-state index contributed by atoms with van der Waals surface area (Å²) < 4.78 is 0. The maximum Gasteiger partial charge on any atom is 0.164 e. The Hall–Kier alpha value is -3.71. The molecule has 0 bridgehead atoms. The summed E-state index contributed by atoms with van der Waals surface area (Å²) in [7, 11) is 4.07. The zero-order chi connectivity index (χ0) is 22.9. The number of fused-ring (bicyclic) bond motifs is 1. The van der Waals surface area contributed by atoms with Gasteiger partial charge in [-0.1, -0.05) is 44.2 Å². The second-order valence-electron chi connectivity index (χ2n) is 7.17. The van der Waals surface area contributed by atoms with Crippen LogP contribution in [0.2, 0.25) is 0 Å². The molecule has 4 rings (SSSR count). The van der Waals surface area contributed by atoms with Crippen LogP contribution in [-0.2, 0) is 0 Å². The van der Waals surface area contributed by atoms with Gasteiger partial charge in [-0.15, -0.1) is 4.91 Å². The first-order valence-electron chi connectivity index (χ1n) is 10.7. The SMILES string of the molecule is CC.CN(C)C(CNc1nc(-c2ccccc2N=O)nc2ccccc12)c1cccnc1. The van der Waals surface area contributed by atoms with Crippen molar-refractivity contribution in [2.45, 2.75) is 19.9 Å². The van der Waals surface area contributed by atoms with Gasteiger partial charge in [-0.25, -0.2) is 9.97 Å². The number of anilines is 1. The number of para-hydroxylation sites is 1. The zero-order valence-electron chi connectivity index (χ0n) is 18.9. The second kappa shape index (κ2) is 11.1. The molecule has 2 aromatic carbocycles. The van der Waals surface area contributed by atoms with Crippen LogP contribution in [-0.4, -0.2) is 40.5 Å². The van der Waals surface area contributed by atoms with Crippen LogP contribution in [0, 0.1) is 4.91 Å². The first kappa shape index (κ1) is 23.0. The number of nitrogens with zero attached hydrogens (tertiary/aromatic N) is 5. The van der Waals surface area contributed by atoms with Crippen molar-refractivity contribution in [3.63, 3.8) is 0 Å². The van der Waals surface area contributed by atoms with Gasteiger partial charge in [0.2, 0.25) is 0 Å². The van der Waals surface area contributed by atoms with E-state index in [1.807, 2.05) is 76.6 Å². The van der Waals surface area contributed by atoms with E-state index in [9.17, 15) is 4.91 Å². The summed E-state index contributed by atoms with van der Waals surface area (Å²) >= 11 is 0. The molecule has 0 saturated heterocycles. The lowest BCUT2D eigenvalue weighted by Crippen LogP contribution is -2.27. The Morgan fingerprint density at radius 2 is 1.72 bits per heavy atom. The van der Waals surface area contributed by atoms with Crippen molar-refractivity contribution in [3.05, 3.63) is 83.5 Å². The van der Waals surface area contributed by atoms with Crippen molar-refractivity contribution in [3.8, 4) is 11.4 Å². The highest BCUT2D eigenvalue weighted by Gasteiger charge is 2.17. The zero-order valence-corrected chi connectivity index (χ0v) is 18.9. The van der Waals surface area contributed by atoms with E-state index >= 15 is 0 Å². The number of hydrogen-bond donors (Lipinski definition) is 1. The normalized spacial score (nSPS) is 11.5. The fourth-order valence-electron chi connectivity index (χ4n) is 3.44. The largest absolute Gasteiger partial charge is 0.368 e. The molecule has 7 nitrogen and oxygen atoms in total. The summed E-state index contributed by atoms with van der Waals surface area (Å²) in [5.41, 5.74) is 2.84. The molecule has 1 atom stereocenters. The Morgan fingerprint density at radius 1 is 0.969 bits per heavy atom. The first-order chi connectivity index (χ1) is 15.7. The molecule has 0 aliphatic rings. The molecule has 7 heteroatoms. The number of hydrogen-bond acceptors (Lipinski definition) is 7. The van der Waals surface area contributed by atoms with Crippen LogP contribution in [0.1, 0.15) is 25.5 Å². The number of nitrogens with one attached hydrogen (secondary N) is 1. The summed E-state index contributed by atoms with van der Waals surface area (Å²) in [4.78, 5) is 27.1. The molecule has 4 aromatic rings.